The van der Waals surface area contributed by atoms with Crippen LogP contribution in [0.2, 0.25) is 10.0 Å². The quantitative estimate of drug-likeness (QED) is 0.625. The van der Waals surface area contributed by atoms with Crippen molar-refractivity contribution in [3.63, 3.8) is 0 Å². The number of benzene rings is 1. The van der Waals surface area contributed by atoms with Crippen LogP contribution in [0.4, 0.5) is 5.13 Å². The van der Waals surface area contributed by atoms with E-state index in [0.29, 0.717) is 15.6 Å². The summed E-state index contributed by atoms with van der Waals surface area (Å²) >= 11 is 14.6. The van der Waals surface area contributed by atoms with E-state index in [4.69, 9.17) is 23.2 Å². The molecule has 1 aromatic heterocycles. The molecule has 0 spiro atoms. The number of hydrogen-bond acceptors (Lipinski definition) is 6. The Morgan fingerprint density at radius 1 is 1.40 bits per heavy atom. The number of carbonyl (C=O) groups excluding carboxylic acids is 1. The number of rotatable bonds is 6. The summed E-state index contributed by atoms with van der Waals surface area (Å²) < 4.78 is 0.749. The Morgan fingerprint density at radius 3 is 2.90 bits per heavy atom. The van der Waals surface area contributed by atoms with E-state index in [-0.39, 0.29) is 11.5 Å². The second-order valence-electron chi connectivity index (χ2n) is 3.74. The van der Waals surface area contributed by atoms with E-state index in [2.05, 4.69) is 15.5 Å². The van der Waals surface area contributed by atoms with E-state index >= 15 is 0 Å². The van der Waals surface area contributed by atoms with Crippen molar-refractivity contribution in [2.24, 2.45) is 0 Å². The molecule has 0 radical (unpaired) electrons. The Labute approximate surface area is 134 Å². The zero-order valence-electron chi connectivity index (χ0n) is 10.5. The molecule has 8 heteroatoms. The van der Waals surface area contributed by atoms with Crippen LogP contribution in [0.3, 0.4) is 0 Å². The number of thioether (sulfide) groups is 1. The van der Waals surface area contributed by atoms with Gasteiger partial charge in [-0.05, 0) is 25.1 Å². The number of nitrogens with zero attached hydrogens (tertiary/aromatic N) is 2. The molecule has 20 heavy (non-hydrogen) atoms. The highest BCUT2D eigenvalue weighted by Gasteiger charge is 2.13. The Kier molecular flexibility index (Phi) is 5.65. The average Bonchev–Trinajstić information content (AvgIpc) is 2.84. The van der Waals surface area contributed by atoms with Gasteiger partial charge in [0.2, 0.25) is 5.13 Å². The molecule has 2 rings (SSSR count). The van der Waals surface area contributed by atoms with Gasteiger partial charge in [-0.25, -0.2) is 0 Å². The molecule has 0 fully saturated rings. The number of carbonyl (C=O) groups is 1. The fourth-order valence-electron chi connectivity index (χ4n) is 1.41. The Bertz CT molecular complexity index is 618. The number of nitrogens with one attached hydrogen (secondary N) is 1. The van der Waals surface area contributed by atoms with Gasteiger partial charge in [0, 0.05) is 17.1 Å². The van der Waals surface area contributed by atoms with Crippen LogP contribution < -0.4 is 5.32 Å². The van der Waals surface area contributed by atoms with Crippen molar-refractivity contribution in [2.75, 3.05) is 17.6 Å². The Balaban J connectivity index is 1.97. The highest BCUT2D eigenvalue weighted by Crippen LogP contribution is 2.27. The van der Waals surface area contributed by atoms with E-state index in [1.807, 2.05) is 6.92 Å². The minimum atomic E-state index is -0.0585. The molecule has 1 heterocycles. The Hall–Kier alpha value is -0.820. The van der Waals surface area contributed by atoms with Gasteiger partial charge in [-0.15, -0.1) is 10.2 Å². The maximum Gasteiger partial charge on any atom is 0.206 e. The summed E-state index contributed by atoms with van der Waals surface area (Å²) in [7, 11) is 0. The predicted octanol–water partition coefficient (Wildman–Crippen LogP) is 4.25. The predicted molar refractivity (Wildman–Crippen MR) is 85.6 cm³/mol. The SMILES string of the molecule is CCNc1nnc(SCC(=O)c2ccc(Cl)cc2Cl)s1. The second kappa shape index (κ2) is 7.26. The summed E-state index contributed by atoms with van der Waals surface area (Å²) in [5.41, 5.74) is 0.472. The summed E-state index contributed by atoms with van der Waals surface area (Å²) in [4.78, 5) is 12.1. The average molecular weight is 348 g/mol. The normalized spacial score (nSPS) is 10.6. The van der Waals surface area contributed by atoms with Gasteiger partial charge >= 0.3 is 0 Å². The largest absolute Gasteiger partial charge is 0.360 e. The first-order valence-electron chi connectivity index (χ1n) is 5.78. The molecule has 0 unspecified atom stereocenters. The van der Waals surface area contributed by atoms with Crippen LogP contribution in [0.5, 0.6) is 0 Å². The number of halogens is 2. The molecule has 0 aliphatic heterocycles. The number of anilines is 1. The van der Waals surface area contributed by atoms with E-state index in [1.54, 1.807) is 18.2 Å². The molecule has 0 saturated carbocycles. The third-order valence-electron chi connectivity index (χ3n) is 2.29. The van der Waals surface area contributed by atoms with Crippen molar-refractivity contribution in [3.8, 4) is 0 Å². The van der Waals surface area contributed by atoms with Gasteiger partial charge in [0.15, 0.2) is 10.1 Å². The van der Waals surface area contributed by atoms with Crippen molar-refractivity contribution in [2.45, 2.75) is 11.3 Å². The van der Waals surface area contributed by atoms with Crippen molar-refractivity contribution < 1.29 is 4.79 Å². The van der Waals surface area contributed by atoms with Gasteiger partial charge in [-0.3, -0.25) is 4.79 Å². The number of hydrogen-bond donors (Lipinski definition) is 1. The van der Waals surface area contributed by atoms with Gasteiger partial charge in [0.25, 0.3) is 0 Å². The number of ketones is 1. The summed E-state index contributed by atoms with van der Waals surface area (Å²) in [6, 6.07) is 4.85. The van der Waals surface area contributed by atoms with E-state index in [1.165, 1.54) is 23.1 Å². The summed E-state index contributed by atoms with van der Waals surface area (Å²) in [6.07, 6.45) is 0. The van der Waals surface area contributed by atoms with Crippen LogP contribution in [-0.4, -0.2) is 28.3 Å². The zero-order chi connectivity index (χ0) is 14.5. The lowest BCUT2D eigenvalue weighted by Gasteiger charge is -2.02. The maximum atomic E-state index is 12.1. The molecule has 0 aliphatic carbocycles. The molecule has 1 N–H and O–H groups in total. The number of aromatic nitrogens is 2. The summed E-state index contributed by atoms with van der Waals surface area (Å²) in [5.74, 6) is 0.208. The van der Waals surface area contributed by atoms with Crippen LogP contribution in [0.15, 0.2) is 22.5 Å². The first kappa shape index (κ1) is 15.6. The minimum Gasteiger partial charge on any atom is -0.360 e. The van der Waals surface area contributed by atoms with Crippen LogP contribution in [-0.2, 0) is 0 Å². The highest BCUT2D eigenvalue weighted by molar-refractivity contribution is 8.01. The third-order valence-corrected chi connectivity index (χ3v) is 4.85. The molecular formula is C12H11Cl2N3OS2. The third kappa shape index (κ3) is 4.09. The molecule has 0 atom stereocenters. The van der Waals surface area contributed by atoms with E-state index in [0.717, 1.165) is 16.0 Å². The van der Waals surface area contributed by atoms with Gasteiger partial charge in [-0.2, -0.15) is 0 Å². The standard InChI is InChI=1S/C12H11Cl2N3OS2/c1-2-15-11-16-17-12(20-11)19-6-10(18)8-4-3-7(13)5-9(8)14/h3-5H,2,6H2,1H3,(H,15,16). The van der Waals surface area contributed by atoms with Crippen LogP contribution >= 0.6 is 46.3 Å². The molecule has 0 aliphatic rings. The zero-order valence-corrected chi connectivity index (χ0v) is 13.7. The fraction of sp³-hybridized carbons (Fsp3) is 0.250. The molecule has 0 amide bonds. The molecule has 106 valence electrons. The van der Waals surface area contributed by atoms with Crippen LogP contribution in [0, 0.1) is 0 Å². The van der Waals surface area contributed by atoms with E-state index in [9.17, 15) is 4.79 Å². The first-order valence-corrected chi connectivity index (χ1v) is 8.34. The van der Waals surface area contributed by atoms with Gasteiger partial charge in [0.05, 0.1) is 10.8 Å². The lowest BCUT2D eigenvalue weighted by atomic mass is 10.1. The highest BCUT2D eigenvalue weighted by atomic mass is 35.5. The summed E-state index contributed by atoms with van der Waals surface area (Å²) in [5, 5.41) is 12.7. The smallest absolute Gasteiger partial charge is 0.206 e. The molecular weight excluding hydrogens is 337 g/mol. The minimum absolute atomic E-state index is 0.0585. The van der Waals surface area contributed by atoms with Crippen molar-refractivity contribution in [1.82, 2.24) is 10.2 Å². The van der Waals surface area contributed by atoms with Crippen LogP contribution in [0.25, 0.3) is 0 Å². The maximum absolute atomic E-state index is 12.1. The lowest BCUT2D eigenvalue weighted by Crippen LogP contribution is -2.03. The second-order valence-corrected chi connectivity index (χ2v) is 6.78. The van der Waals surface area contributed by atoms with Gasteiger partial charge in [-0.1, -0.05) is 46.3 Å². The van der Waals surface area contributed by atoms with Gasteiger partial charge < -0.3 is 5.32 Å². The van der Waals surface area contributed by atoms with Crippen molar-refractivity contribution in [1.29, 1.82) is 0 Å². The first-order chi connectivity index (χ1) is 9.60. The fourth-order valence-corrected chi connectivity index (χ4v) is 3.63. The van der Waals surface area contributed by atoms with Crippen molar-refractivity contribution in [3.05, 3.63) is 33.8 Å². The topological polar surface area (TPSA) is 54.9 Å². The van der Waals surface area contributed by atoms with Gasteiger partial charge in [0.1, 0.15) is 0 Å². The molecule has 2 aromatic rings. The lowest BCUT2D eigenvalue weighted by molar-refractivity contribution is 0.102. The Morgan fingerprint density at radius 2 is 2.20 bits per heavy atom. The summed E-state index contributed by atoms with van der Waals surface area (Å²) in [6.45, 7) is 2.78. The van der Waals surface area contributed by atoms with Crippen LogP contribution in [0.1, 0.15) is 17.3 Å². The molecule has 0 bridgehead atoms. The molecule has 0 saturated heterocycles. The monoisotopic (exact) mass is 347 g/mol. The molecule has 4 nitrogen and oxygen atoms in total. The van der Waals surface area contributed by atoms with E-state index < -0.39 is 0 Å². The molecule has 1 aromatic carbocycles. The van der Waals surface area contributed by atoms with Crippen molar-refractivity contribution >= 4 is 57.2 Å². The number of Topliss-reactive ketones (excluding diaryl/α,β-unsaturated/α-hetero) is 1.